The molecule has 0 aliphatic rings. The molecule has 5 nitrogen and oxygen atoms in total. The maximum absolute atomic E-state index is 12.3. The lowest BCUT2D eigenvalue weighted by Crippen LogP contribution is -2.22. The van der Waals surface area contributed by atoms with Gasteiger partial charge in [-0.3, -0.25) is 4.79 Å². The Morgan fingerprint density at radius 3 is 2.64 bits per heavy atom. The van der Waals surface area contributed by atoms with E-state index in [0.717, 1.165) is 5.56 Å². The van der Waals surface area contributed by atoms with E-state index in [0.29, 0.717) is 28.2 Å². The standard InChI is InChI=1S/C18H16ClN3O2S/c1-12(17(23)20-15-10-6-5-9-14(15)19)25-18-22-21-16(24-18)11-13-7-3-2-4-8-13/h2-10,12H,11H2,1H3,(H,20,23)/t12-/m0/s1. The van der Waals surface area contributed by atoms with Crippen molar-refractivity contribution in [1.82, 2.24) is 10.2 Å². The number of carbonyl (C=O) groups is 1. The molecule has 7 heteroatoms. The van der Waals surface area contributed by atoms with E-state index in [1.165, 1.54) is 11.8 Å². The SMILES string of the molecule is C[C@H](Sc1nnc(Cc2ccccc2)o1)C(=O)Nc1ccccc1Cl. The van der Waals surface area contributed by atoms with Crippen molar-refractivity contribution < 1.29 is 9.21 Å². The van der Waals surface area contributed by atoms with Crippen molar-refractivity contribution in [2.24, 2.45) is 0 Å². The average molecular weight is 374 g/mol. The molecule has 3 aromatic rings. The number of aromatic nitrogens is 2. The fourth-order valence-electron chi connectivity index (χ4n) is 2.13. The molecule has 1 atom stereocenters. The van der Waals surface area contributed by atoms with Crippen LogP contribution in [-0.2, 0) is 11.2 Å². The van der Waals surface area contributed by atoms with Gasteiger partial charge in [-0.2, -0.15) is 0 Å². The number of nitrogens with one attached hydrogen (secondary N) is 1. The first-order chi connectivity index (χ1) is 12.1. The second-order valence-electron chi connectivity index (χ2n) is 5.35. The van der Waals surface area contributed by atoms with Gasteiger partial charge >= 0.3 is 0 Å². The fourth-order valence-corrected chi connectivity index (χ4v) is 3.01. The highest BCUT2D eigenvalue weighted by atomic mass is 35.5. The van der Waals surface area contributed by atoms with Crippen LogP contribution in [0.3, 0.4) is 0 Å². The third-order valence-corrected chi connectivity index (χ3v) is 4.69. The molecule has 0 bridgehead atoms. The third-order valence-electron chi connectivity index (χ3n) is 3.43. The molecule has 2 aromatic carbocycles. The molecule has 0 saturated heterocycles. The van der Waals surface area contributed by atoms with Crippen LogP contribution < -0.4 is 5.32 Å². The molecule has 128 valence electrons. The number of carbonyl (C=O) groups excluding carboxylic acids is 1. The Hall–Kier alpha value is -2.31. The van der Waals surface area contributed by atoms with Gasteiger partial charge in [0.05, 0.1) is 22.4 Å². The number of hydrogen-bond acceptors (Lipinski definition) is 5. The van der Waals surface area contributed by atoms with Crippen LogP contribution >= 0.6 is 23.4 Å². The lowest BCUT2D eigenvalue weighted by Gasteiger charge is -2.10. The van der Waals surface area contributed by atoms with Crippen LogP contribution in [0.25, 0.3) is 0 Å². The molecular weight excluding hydrogens is 358 g/mol. The molecule has 0 saturated carbocycles. The first-order valence-electron chi connectivity index (χ1n) is 7.70. The summed E-state index contributed by atoms with van der Waals surface area (Å²) in [5.74, 6) is 0.341. The van der Waals surface area contributed by atoms with Gasteiger partial charge in [0.1, 0.15) is 0 Å². The molecule has 0 spiro atoms. The number of hydrogen-bond donors (Lipinski definition) is 1. The number of amides is 1. The normalized spacial score (nSPS) is 11.9. The van der Waals surface area contributed by atoms with E-state index in [4.69, 9.17) is 16.0 Å². The van der Waals surface area contributed by atoms with Crippen LogP contribution in [0.15, 0.2) is 64.2 Å². The Kier molecular flexibility index (Phi) is 5.73. The highest BCUT2D eigenvalue weighted by Gasteiger charge is 2.19. The number of halogens is 1. The molecule has 1 N–H and O–H groups in total. The fraction of sp³-hybridized carbons (Fsp3) is 0.167. The maximum Gasteiger partial charge on any atom is 0.277 e. The van der Waals surface area contributed by atoms with Gasteiger partial charge in [0.2, 0.25) is 11.8 Å². The minimum atomic E-state index is -0.402. The third kappa shape index (κ3) is 4.84. The van der Waals surface area contributed by atoms with Crippen LogP contribution in [0, 0.1) is 0 Å². The van der Waals surface area contributed by atoms with Crippen LogP contribution in [0.2, 0.25) is 5.02 Å². The molecule has 3 rings (SSSR count). The Morgan fingerprint density at radius 1 is 1.16 bits per heavy atom. The van der Waals surface area contributed by atoms with E-state index in [9.17, 15) is 4.79 Å². The van der Waals surface area contributed by atoms with Gasteiger partial charge in [-0.05, 0) is 24.6 Å². The Morgan fingerprint density at radius 2 is 1.88 bits per heavy atom. The van der Waals surface area contributed by atoms with Crippen LogP contribution in [-0.4, -0.2) is 21.4 Å². The molecule has 25 heavy (non-hydrogen) atoms. The zero-order valence-corrected chi connectivity index (χ0v) is 15.1. The molecule has 0 unspecified atom stereocenters. The van der Waals surface area contributed by atoms with Gasteiger partial charge in [-0.15, -0.1) is 10.2 Å². The topological polar surface area (TPSA) is 68.0 Å². The maximum atomic E-state index is 12.3. The van der Waals surface area contributed by atoms with E-state index in [-0.39, 0.29) is 5.91 Å². The molecule has 0 radical (unpaired) electrons. The average Bonchev–Trinajstić information content (AvgIpc) is 3.04. The van der Waals surface area contributed by atoms with Crippen LogP contribution in [0.4, 0.5) is 5.69 Å². The lowest BCUT2D eigenvalue weighted by atomic mass is 10.2. The van der Waals surface area contributed by atoms with Crippen molar-refractivity contribution in [2.45, 2.75) is 23.8 Å². The Bertz CT molecular complexity index is 854. The number of anilines is 1. The predicted molar refractivity (Wildman–Crippen MR) is 98.9 cm³/mol. The van der Waals surface area contributed by atoms with Crippen molar-refractivity contribution >= 4 is 35.0 Å². The molecule has 1 heterocycles. The highest BCUT2D eigenvalue weighted by molar-refractivity contribution is 8.00. The van der Waals surface area contributed by atoms with Crippen molar-refractivity contribution in [2.75, 3.05) is 5.32 Å². The minimum absolute atomic E-state index is 0.180. The lowest BCUT2D eigenvalue weighted by molar-refractivity contribution is -0.115. The minimum Gasteiger partial charge on any atom is -0.416 e. The van der Waals surface area contributed by atoms with Crippen molar-refractivity contribution in [3.05, 3.63) is 71.1 Å². The predicted octanol–water partition coefficient (Wildman–Crippen LogP) is 4.43. The van der Waals surface area contributed by atoms with Crippen LogP contribution in [0.1, 0.15) is 18.4 Å². The summed E-state index contributed by atoms with van der Waals surface area (Å²) < 4.78 is 5.62. The monoisotopic (exact) mass is 373 g/mol. The second-order valence-corrected chi connectivity index (χ2v) is 7.05. The van der Waals surface area contributed by atoms with Gasteiger partial charge in [-0.25, -0.2) is 0 Å². The largest absolute Gasteiger partial charge is 0.416 e. The zero-order chi connectivity index (χ0) is 17.6. The van der Waals surface area contributed by atoms with Crippen molar-refractivity contribution in [3.8, 4) is 0 Å². The number of nitrogens with zero attached hydrogens (tertiary/aromatic N) is 2. The summed E-state index contributed by atoms with van der Waals surface area (Å²) in [6, 6.07) is 17.0. The Labute approximate surface area is 154 Å². The number of benzene rings is 2. The molecule has 0 aliphatic heterocycles. The van der Waals surface area contributed by atoms with E-state index >= 15 is 0 Å². The molecule has 1 aromatic heterocycles. The summed E-state index contributed by atoms with van der Waals surface area (Å²) in [7, 11) is 0. The van der Waals surface area contributed by atoms with E-state index in [2.05, 4.69) is 15.5 Å². The summed E-state index contributed by atoms with van der Waals surface area (Å²) in [5, 5.41) is 11.3. The molecular formula is C18H16ClN3O2S. The van der Waals surface area contributed by atoms with Gasteiger partial charge in [0.25, 0.3) is 5.22 Å². The molecule has 1 amide bonds. The summed E-state index contributed by atoms with van der Waals surface area (Å²) in [6.07, 6.45) is 0.564. The molecule has 0 fully saturated rings. The van der Waals surface area contributed by atoms with Crippen molar-refractivity contribution in [3.63, 3.8) is 0 Å². The van der Waals surface area contributed by atoms with Gasteiger partial charge in [0, 0.05) is 0 Å². The van der Waals surface area contributed by atoms with E-state index in [1.807, 2.05) is 42.5 Å². The van der Waals surface area contributed by atoms with Gasteiger partial charge < -0.3 is 9.73 Å². The highest BCUT2D eigenvalue weighted by Crippen LogP contribution is 2.25. The smallest absolute Gasteiger partial charge is 0.277 e. The summed E-state index contributed by atoms with van der Waals surface area (Å²) >= 11 is 7.26. The van der Waals surface area contributed by atoms with E-state index in [1.54, 1.807) is 19.1 Å². The first kappa shape index (κ1) is 17.5. The van der Waals surface area contributed by atoms with Gasteiger partial charge in [-0.1, -0.05) is 65.8 Å². The van der Waals surface area contributed by atoms with E-state index < -0.39 is 5.25 Å². The number of para-hydroxylation sites is 1. The number of rotatable bonds is 6. The zero-order valence-electron chi connectivity index (χ0n) is 13.5. The Balaban J connectivity index is 1.58. The van der Waals surface area contributed by atoms with Gasteiger partial charge in [0.15, 0.2) is 0 Å². The number of thioether (sulfide) groups is 1. The summed E-state index contributed by atoms with van der Waals surface area (Å²) in [5.41, 5.74) is 1.67. The summed E-state index contributed by atoms with van der Waals surface area (Å²) in [6.45, 7) is 1.78. The summed E-state index contributed by atoms with van der Waals surface area (Å²) in [4.78, 5) is 12.3. The van der Waals surface area contributed by atoms with Crippen LogP contribution in [0.5, 0.6) is 0 Å². The molecule has 0 aliphatic carbocycles. The first-order valence-corrected chi connectivity index (χ1v) is 8.96. The quantitative estimate of drug-likeness (QED) is 0.647. The second kappa shape index (κ2) is 8.18. The van der Waals surface area contributed by atoms with Crippen molar-refractivity contribution in [1.29, 1.82) is 0 Å².